The molecule has 0 amide bonds. The van der Waals surface area contributed by atoms with Crippen molar-refractivity contribution in [3.8, 4) is 0 Å². The first-order valence-electron chi connectivity index (χ1n) is 7.78. The third kappa shape index (κ3) is 2.01. The molecular formula is C19H15NO3S. The molecule has 1 unspecified atom stereocenters. The number of nitrogens with zero attached hydrogens (tertiary/aromatic N) is 1. The predicted molar refractivity (Wildman–Crippen MR) is 93.5 cm³/mol. The molecule has 4 nitrogen and oxygen atoms in total. The third-order valence-electron chi connectivity index (χ3n) is 4.45. The van der Waals surface area contributed by atoms with Gasteiger partial charge in [-0.25, -0.2) is 0 Å². The number of Topliss-reactive ketones (excluding diaryl/α,β-unsaturated/α-hetero) is 1. The summed E-state index contributed by atoms with van der Waals surface area (Å²) in [5.74, 6) is -2.06. The van der Waals surface area contributed by atoms with Gasteiger partial charge in [0, 0.05) is 22.6 Å². The van der Waals surface area contributed by atoms with Gasteiger partial charge in [0.25, 0.3) is 0 Å². The van der Waals surface area contributed by atoms with Crippen LogP contribution in [0.2, 0.25) is 0 Å². The number of thioether (sulfide) groups is 1. The Morgan fingerprint density at radius 1 is 1.17 bits per heavy atom. The van der Waals surface area contributed by atoms with Crippen molar-refractivity contribution in [3.05, 3.63) is 70.3 Å². The van der Waals surface area contributed by atoms with Gasteiger partial charge in [0.1, 0.15) is 5.92 Å². The highest BCUT2D eigenvalue weighted by Gasteiger charge is 2.43. The van der Waals surface area contributed by atoms with Crippen molar-refractivity contribution < 1.29 is 14.7 Å². The fraction of sp³-hybridized carbons (Fsp3) is 0.158. The highest BCUT2D eigenvalue weighted by molar-refractivity contribution is 8.03. The van der Waals surface area contributed by atoms with Crippen LogP contribution in [-0.2, 0) is 4.79 Å². The lowest BCUT2D eigenvalue weighted by atomic mass is 9.98. The van der Waals surface area contributed by atoms with Crippen LogP contribution in [0, 0.1) is 0 Å². The molecule has 24 heavy (non-hydrogen) atoms. The van der Waals surface area contributed by atoms with E-state index in [-0.39, 0.29) is 5.78 Å². The minimum Gasteiger partial charge on any atom is -0.481 e. The Morgan fingerprint density at radius 2 is 1.88 bits per heavy atom. The number of anilines is 1. The molecule has 0 fully saturated rings. The topological polar surface area (TPSA) is 57.6 Å². The van der Waals surface area contributed by atoms with E-state index >= 15 is 0 Å². The minimum absolute atomic E-state index is 0.174. The van der Waals surface area contributed by atoms with Gasteiger partial charge in [-0.1, -0.05) is 48.2 Å². The quantitative estimate of drug-likeness (QED) is 0.843. The Labute approximate surface area is 143 Å². The van der Waals surface area contributed by atoms with Gasteiger partial charge in [-0.2, -0.15) is 0 Å². The Hall–Kier alpha value is -2.53. The molecule has 0 aromatic heterocycles. The second-order valence-electron chi connectivity index (χ2n) is 5.72. The number of carboxylic acid groups (broad SMARTS) is 1. The Kier molecular flexibility index (Phi) is 3.46. The summed E-state index contributed by atoms with van der Waals surface area (Å²) in [4.78, 5) is 28.0. The van der Waals surface area contributed by atoms with Gasteiger partial charge < -0.3 is 10.0 Å². The molecule has 1 N–H and O–H groups in total. The number of fused-ring (bicyclic) bond motifs is 2. The molecule has 0 spiro atoms. The number of carboxylic acids is 1. The predicted octanol–water partition coefficient (Wildman–Crippen LogP) is 3.89. The average Bonchev–Trinajstić information content (AvgIpc) is 3.10. The first kappa shape index (κ1) is 15.0. The summed E-state index contributed by atoms with van der Waals surface area (Å²) in [7, 11) is 0. The molecule has 0 bridgehead atoms. The fourth-order valence-electron chi connectivity index (χ4n) is 3.41. The van der Waals surface area contributed by atoms with Crippen LogP contribution in [0.4, 0.5) is 5.69 Å². The summed E-state index contributed by atoms with van der Waals surface area (Å²) in [6.07, 6.45) is 0. The number of aliphatic carboxylic acids is 1. The number of carbonyl (C=O) groups excluding carboxylic acids is 1. The molecule has 2 aromatic carbocycles. The van der Waals surface area contributed by atoms with E-state index < -0.39 is 11.9 Å². The second kappa shape index (κ2) is 5.53. The highest BCUT2D eigenvalue weighted by atomic mass is 32.2. The average molecular weight is 337 g/mol. The second-order valence-corrected chi connectivity index (χ2v) is 6.75. The van der Waals surface area contributed by atoms with Crippen molar-refractivity contribution in [2.24, 2.45) is 0 Å². The Balaban J connectivity index is 1.94. The van der Waals surface area contributed by atoms with E-state index in [1.54, 1.807) is 24.3 Å². The van der Waals surface area contributed by atoms with Crippen molar-refractivity contribution in [1.29, 1.82) is 0 Å². The van der Waals surface area contributed by atoms with Crippen molar-refractivity contribution in [2.75, 3.05) is 11.4 Å². The van der Waals surface area contributed by atoms with Crippen molar-refractivity contribution in [3.63, 3.8) is 0 Å². The number of hydrogen-bond acceptors (Lipinski definition) is 4. The molecule has 2 aromatic rings. The summed E-state index contributed by atoms with van der Waals surface area (Å²) in [6.45, 7) is 2.68. The minimum atomic E-state index is -0.983. The molecule has 0 saturated heterocycles. The molecular weight excluding hydrogens is 322 g/mol. The number of para-hydroxylation sites is 1. The SMILES string of the molecule is CCN1/C(=C2/C(=O)c3ccccc3C2C(=O)O)Sc2ccccc21. The Morgan fingerprint density at radius 3 is 2.62 bits per heavy atom. The number of carbonyl (C=O) groups is 2. The summed E-state index contributed by atoms with van der Waals surface area (Å²) in [6, 6.07) is 14.9. The van der Waals surface area contributed by atoms with Gasteiger partial charge in [0.2, 0.25) is 0 Å². The molecule has 4 rings (SSSR count). The van der Waals surface area contributed by atoms with Crippen LogP contribution in [0.1, 0.15) is 28.8 Å². The van der Waals surface area contributed by atoms with Gasteiger partial charge in [0.05, 0.1) is 10.7 Å². The summed E-state index contributed by atoms with van der Waals surface area (Å²) in [5, 5.41) is 10.5. The van der Waals surface area contributed by atoms with Gasteiger partial charge >= 0.3 is 5.97 Å². The normalized spacial score (nSPS) is 21.8. The fourth-order valence-corrected chi connectivity index (χ4v) is 4.71. The van der Waals surface area contributed by atoms with Crippen LogP contribution >= 0.6 is 11.8 Å². The number of benzene rings is 2. The summed E-state index contributed by atoms with van der Waals surface area (Å²) in [5.41, 5.74) is 2.50. The molecule has 120 valence electrons. The van der Waals surface area contributed by atoms with Gasteiger partial charge in [-0.15, -0.1) is 0 Å². The summed E-state index contributed by atoms with van der Waals surface area (Å²) < 4.78 is 0. The standard InChI is InChI=1S/C19H15NO3S/c1-2-20-13-9-5-6-10-14(13)24-18(20)16-15(19(22)23)11-7-3-4-8-12(11)17(16)21/h3-10,15H,2H2,1H3,(H,22,23)/b18-16-. The molecule has 5 heteroatoms. The van der Waals surface area contributed by atoms with Crippen LogP contribution < -0.4 is 4.90 Å². The molecule has 1 aliphatic carbocycles. The monoisotopic (exact) mass is 337 g/mol. The van der Waals surface area contributed by atoms with Crippen LogP contribution in [-0.4, -0.2) is 23.4 Å². The molecule has 0 saturated carbocycles. The molecule has 1 aliphatic heterocycles. The van der Waals surface area contributed by atoms with E-state index in [1.807, 2.05) is 36.1 Å². The maximum Gasteiger partial charge on any atom is 0.315 e. The van der Waals surface area contributed by atoms with E-state index in [9.17, 15) is 14.7 Å². The first-order chi connectivity index (χ1) is 11.6. The highest BCUT2D eigenvalue weighted by Crippen LogP contribution is 2.51. The lowest BCUT2D eigenvalue weighted by molar-refractivity contribution is -0.137. The largest absolute Gasteiger partial charge is 0.481 e. The lowest BCUT2D eigenvalue weighted by Crippen LogP contribution is -2.22. The van der Waals surface area contributed by atoms with Crippen molar-refractivity contribution in [1.82, 2.24) is 0 Å². The van der Waals surface area contributed by atoms with Crippen molar-refractivity contribution >= 4 is 29.2 Å². The third-order valence-corrected chi connectivity index (χ3v) is 5.65. The van der Waals surface area contributed by atoms with Gasteiger partial charge in [0.15, 0.2) is 5.78 Å². The van der Waals surface area contributed by atoms with Crippen LogP contribution in [0.5, 0.6) is 0 Å². The summed E-state index contributed by atoms with van der Waals surface area (Å²) >= 11 is 1.48. The van der Waals surface area contributed by atoms with Crippen molar-refractivity contribution in [2.45, 2.75) is 17.7 Å². The van der Waals surface area contributed by atoms with Gasteiger partial charge in [-0.3, -0.25) is 9.59 Å². The van der Waals surface area contributed by atoms with E-state index in [0.29, 0.717) is 23.2 Å². The number of ketones is 1. The zero-order valence-corrected chi connectivity index (χ0v) is 13.8. The van der Waals surface area contributed by atoms with E-state index in [1.165, 1.54) is 11.8 Å². The maximum atomic E-state index is 12.9. The lowest BCUT2D eigenvalue weighted by Gasteiger charge is -2.21. The molecule has 2 aliphatic rings. The van der Waals surface area contributed by atoms with Crippen LogP contribution in [0.25, 0.3) is 0 Å². The van der Waals surface area contributed by atoms with E-state index in [0.717, 1.165) is 15.6 Å². The molecule has 0 radical (unpaired) electrons. The maximum absolute atomic E-state index is 12.9. The van der Waals surface area contributed by atoms with Gasteiger partial charge in [-0.05, 0) is 24.6 Å². The molecule has 1 atom stereocenters. The van der Waals surface area contributed by atoms with Crippen LogP contribution in [0.3, 0.4) is 0 Å². The van der Waals surface area contributed by atoms with E-state index in [2.05, 4.69) is 0 Å². The first-order valence-corrected chi connectivity index (χ1v) is 8.60. The van der Waals surface area contributed by atoms with Crippen LogP contribution in [0.15, 0.2) is 64.0 Å². The number of rotatable bonds is 2. The zero-order chi connectivity index (χ0) is 16.8. The number of hydrogen-bond donors (Lipinski definition) is 1. The zero-order valence-electron chi connectivity index (χ0n) is 13.0. The smallest absolute Gasteiger partial charge is 0.315 e. The van der Waals surface area contributed by atoms with E-state index in [4.69, 9.17) is 0 Å². The Bertz CT molecular complexity index is 903. The molecule has 1 heterocycles.